The molecule has 0 spiro atoms. The maximum absolute atomic E-state index is 12.3. The van der Waals surface area contributed by atoms with Crippen molar-refractivity contribution < 1.29 is 12.8 Å². The molecule has 2 N–H and O–H groups in total. The molecule has 2 rings (SSSR count). The molecule has 0 aliphatic heterocycles. The summed E-state index contributed by atoms with van der Waals surface area (Å²) in [4.78, 5) is 0.174. The van der Waals surface area contributed by atoms with Crippen LogP contribution in [0.15, 0.2) is 20.0 Å². The lowest BCUT2D eigenvalue weighted by Gasteiger charge is -2.11. The van der Waals surface area contributed by atoms with Crippen LogP contribution in [0.4, 0.5) is 0 Å². The summed E-state index contributed by atoms with van der Waals surface area (Å²) >= 11 is 3.18. The van der Waals surface area contributed by atoms with E-state index in [1.165, 1.54) is 12.8 Å². The van der Waals surface area contributed by atoms with Gasteiger partial charge in [-0.2, -0.15) is 0 Å². The SMILES string of the molecule is CCNCc1cc(S(=O)(=O)NCC(C)C2CC2)c(Br)o1. The molecule has 1 aliphatic carbocycles. The van der Waals surface area contributed by atoms with E-state index >= 15 is 0 Å². The fourth-order valence-corrected chi connectivity index (χ4v) is 4.21. The molecule has 1 heterocycles. The molecule has 1 aromatic rings. The first kappa shape index (κ1) is 16.0. The van der Waals surface area contributed by atoms with E-state index in [2.05, 4.69) is 32.9 Å². The van der Waals surface area contributed by atoms with Gasteiger partial charge in [0.05, 0.1) is 6.54 Å². The Morgan fingerprint density at radius 2 is 2.20 bits per heavy atom. The van der Waals surface area contributed by atoms with Crippen molar-refractivity contribution in [2.45, 2.75) is 38.1 Å². The highest BCUT2D eigenvalue weighted by molar-refractivity contribution is 9.10. The van der Waals surface area contributed by atoms with Crippen molar-refractivity contribution in [2.75, 3.05) is 13.1 Å². The number of hydrogen-bond donors (Lipinski definition) is 2. The minimum atomic E-state index is -3.51. The first-order valence-electron chi connectivity index (χ1n) is 6.92. The Kier molecular flexibility index (Phi) is 5.28. The molecule has 1 atom stereocenters. The Bertz CT molecular complexity index is 552. The van der Waals surface area contributed by atoms with Crippen molar-refractivity contribution in [3.63, 3.8) is 0 Å². The summed E-state index contributed by atoms with van der Waals surface area (Å²) in [7, 11) is -3.51. The number of sulfonamides is 1. The molecule has 5 nitrogen and oxygen atoms in total. The smallest absolute Gasteiger partial charge is 0.244 e. The minimum absolute atomic E-state index is 0.174. The van der Waals surface area contributed by atoms with E-state index in [1.807, 2.05) is 6.92 Å². The van der Waals surface area contributed by atoms with Crippen LogP contribution in [0.5, 0.6) is 0 Å². The van der Waals surface area contributed by atoms with Crippen molar-refractivity contribution in [1.82, 2.24) is 10.0 Å². The normalized spacial score (nSPS) is 17.4. The molecule has 0 bridgehead atoms. The van der Waals surface area contributed by atoms with Crippen LogP contribution in [-0.2, 0) is 16.6 Å². The zero-order valence-corrected chi connectivity index (χ0v) is 14.2. The van der Waals surface area contributed by atoms with Gasteiger partial charge in [-0.1, -0.05) is 13.8 Å². The average molecular weight is 365 g/mol. The zero-order chi connectivity index (χ0) is 14.8. The maximum Gasteiger partial charge on any atom is 0.244 e. The molecule has 0 amide bonds. The van der Waals surface area contributed by atoms with Gasteiger partial charge >= 0.3 is 0 Å². The van der Waals surface area contributed by atoms with E-state index in [0.717, 1.165) is 6.54 Å². The van der Waals surface area contributed by atoms with Crippen molar-refractivity contribution >= 4 is 26.0 Å². The van der Waals surface area contributed by atoms with Crippen molar-refractivity contribution in [3.8, 4) is 0 Å². The third-order valence-corrected chi connectivity index (χ3v) is 5.85. The van der Waals surface area contributed by atoms with Crippen molar-refractivity contribution in [2.24, 2.45) is 11.8 Å². The van der Waals surface area contributed by atoms with Crippen LogP contribution >= 0.6 is 15.9 Å². The third kappa shape index (κ3) is 4.07. The summed E-state index contributed by atoms with van der Waals surface area (Å²) in [6, 6.07) is 1.57. The van der Waals surface area contributed by atoms with E-state index in [1.54, 1.807) is 6.07 Å². The molecule has 1 aromatic heterocycles. The third-order valence-electron chi connectivity index (χ3n) is 3.57. The van der Waals surface area contributed by atoms with Crippen LogP contribution in [0.3, 0.4) is 0 Å². The van der Waals surface area contributed by atoms with E-state index < -0.39 is 10.0 Å². The number of nitrogens with one attached hydrogen (secondary N) is 2. The van der Waals surface area contributed by atoms with Gasteiger partial charge in [-0.25, -0.2) is 13.1 Å². The van der Waals surface area contributed by atoms with Crippen LogP contribution in [0, 0.1) is 11.8 Å². The fourth-order valence-electron chi connectivity index (χ4n) is 2.07. The summed E-state index contributed by atoms with van der Waals surface area (Å²) in [6.07, 6.45) is 2.43. The molecule has 114 valence electrons. The Hall–Kier alpha value is -0.370. The lowest BCUT2D eigenvalue weighted by Crippen LogP contribution is -2.29. The summed E-state index contributed by atoms with van der Waals surface area (Å²) in [5.74, 6) is 1.67. The molecule has 1 unspecified atom stereocenters. The minimum Gasteiger partial charge on any atom is -0.452 e. The van der Waals surface area contributed by atoms with Crippen LogP contribution in [0.25, 0.3) is 0 Å². The van der Waals surface area contributed by atoms with Gasteiger partial charge in [0.2, 0.25) is 10.0 Å². The summed E-state index contributed by atoms with van der Waals surface area (Å²) in [6.45, 7) is 5.87. The van der Waals surface area contributed by atoms with Gasteiger partial charge in [-0.05, 0) is 47.2 Å². The highest BCUT2D eigenvalue weighted by Gasteiger charge is 2.29. The topological polar surface area (TPSA) is 71.3 Å². The molecular weight excluding hydrogens is 344 g/mol. The molecule has 0 saturated heterocycles. The summed E-state index contributed by atoms with van der Waals surface area (Å²) in [5, 5.41) is 3.10. The van der Waals surface area contributed by atoms with Gasteiger partial charge in [0.25, 0.3) is 0 Å². The molecule has 7 heteroatoms. The Morgan fingerprint density at radius 1 is 1.50 bits per heavy atom. The maximum atomic E-state index is 12.3. The molecule has 20 heavy (non-hydrogen) atoms. The highest BCUT2D eigenvalue weighted by Crippen LogP contribution is 2.36. The van der Waals surface area contributed by atoms with Crippen LogP contribution < -0.4 is 10.0 Å². The van der Waals surface area contributed by atoms with Crippen molar-refractivity contribution in [1.29, 1.82) is 0 Å². The number of hydrogen-bond acceptors (Lipinski definition) is 4. The second kappa shape index (κ2) is 6.60. The quantitative estimate of drug-likeness (QED) is 0.743. The number of halogens is 1. The Balaban J connectivity index is 2.02. The lowest BCUT2D eigenvalue weighted by molar-refractivity contribution is 0.463. The van der Waals surface area contributed by atoms with E-state index in [9.17, 15) is 8.42 Å². The highest BCUT2D eigenvalue weighted by atomic mass is 79.9. The standard InChI is InChI=1S/C13H21BrN2O3S/c1-3-15-8-11-6-12(13(14)19-11)20(17,18)16-7-9(2)10-4-5-10/h6,9-10,15-16H,3-5,7-8H2,1-2H3. The van der Waals surface area contributed by atoms with Gasteiger partial charge in [-0.15, -0.1) is 0 Å². The molecule has 1 saturated carbocycles. The van der Waals surface area contributed by atoms with Gasteiger partial charge in [0.15, 0.2) is 4.67 Å². The van der Waals surface area contributed by atoms with Crippen LogP contribution in [0.1, 0.15) is 32.4 Å². The molecule has 0 aromatic carbocycles. The molecule has 0 radical (unpaired) electrons. The van der Waals surface area contributed by atoms with E-state index in [4.69, 9.17) is 4.42 Å². The van der Waals surface area contributed by atoms with Gasteiger partial charge in [0, 0.05) is 12.6 Å². The van der Waals surface area contributed by atoms with Crippen molar-refractivity contribution in [3.05, 3.63) is 16.5 Å². The van der Waals surface area contributed by atoms with E-state index in [-0.39, 0.29) is 9.56 Å². The predicted octanol–water partition coefficient (Wildman–Crippen LogP) is 2.48. The molecule has 1 aliphatic rings. The first-order chi connectivity index (χ1) is 9.44. The average Bonchev–Trinajstić information content (AvgIpc) is 3.17. The van der Waals surface area contributed by atoms with Crippen LogP contribution in [0.2, 0.25) is 0 Å². The van der Waals surface area contributed by atoms with Gasteiger partial charge in [-0.3, -0.25) is 0 Å². The van der Waals surface area contributed by atoms with Gasteiger partial charge < -0.3 is 9.73 Å². The molecule has 1 fully saturated rings. The van der Waals surface area contributed by atoms with E-state index in [0.29, 0.717) is 30.7 Å². The summed E-state index contributed by atoms with van der Waals surface area (Å²) < 4.78 is 32.9. The first-order valence-corrected chi connectivity index (χ1v) is 9.20. The second-order valence-electron chi connectivity index (χ2n) is 5.30. The Morgan fingerprint density at radius 3 is 2.80 bits per heavy atom. The van der Waals surface area contributed by atoms with Crippen LogP contribution in [-0.4, -0.2) is 21.5 Å². The largest absolute Gasteiger partial charge is 0.452 e. The monoisotopic (exact) mass is 364 g/mol. The predicted molar refractivity (Wildman–Crippen MR) is 80.9 cm³/mol. The number of furan rings is 1. The lowest BCUT2D eigenvalue weighted by atomic mass is 10.1. The molecular formula is C13H21BrN2O3S. The zero-order valence-electron chi connectivity index (χ0n) is 11.8. The Labute approximate surface area is 128 Å². The summed E-state index contributed by atoms with van der Waals surface area (Å²) in [5.41, 5.74) is 0. The fraction of sp³-hybridized carbons (Fsp3) is 0.692. The van der Waals surface area contributed by atoms with Gasteiger partial charge in [0.1, 0.15) is 10.7 Å². The number of rotatable bonds is 8. The second-order valence-corrected chi connectivity index (χ2v) is 7.75.